The highest BCUT2D eigenvalue weighted by molar-refractivity contribution is 7.14. The number of ether oxygens (including phenoxy) is 3. The first-order valence-electron chi connectivity index (χ1n) is 16.5. The van der Waals surface area contributed by atoms with Crippen LogP contribution >= 0.6 is 11.3 Å². The molecule has 3 amide bonds. The number of nitrogens with one attached hydrogen (secondary N) is 2. The molecule has 0 spiro atoms. The zero-order valence-electron chi connectivity index (χ0n) is 28.3. The standard InChI is InChI=1S/C34H43F2N7O6S/c1-20(10-12-39-21-4-7-25(37)23(18-21)32(46)43(38)27-8-9-28(44)41-31(27)45)48-15-11-34(2,3)49-30-22(5-6-24(35)29(30)36)26-19-50-33(40-26)42-13-16-47-17-14-42/h4-7,18-20,27,39H,8-17,37-38H2,1-3H3,(H,41,44,45). The number of nitrogens with zero attached hydrogens (tertiary/aromatic N) is 3. The predicted molar refractivity (Wildman–Crippen MR) is 186 cm³/mol. The molecule has 16 heteroatoms. The van der Waals surface area contributed by atoms with E-state index in [1.165, 1.54) is 17.4 Å². The van der Waals surface area contributed by atoms with E-state index in [4.69, 9.17) is 25.8 Å². The average molecular weight is 716 g/mol. The zero-order valence-corrected chi connectivity index (χ0v) is 29.1. The molecule has 2 fully saturated rings. The minimum absolute atomic E-state index is 0.0791. The summed E-state index contributed by atoms with van der Waals surface area (Å²) < 4.78 is 47.1. The number of aromatic nitrogens is 1. The molecule has 2 aliphatic rings. The number of imide groups is 1. The van der Waals surface area contributed by atoms with Gasteiger partial charge >= 0.3 is 0 Å². The fourth-order valence-corrected chi connectivity index (χ4v) is 6.42. The van der Waals surface area contributed by atoms with Crippen LogP contribution in [-0.4, -0.2) is 84.9 Å². The Morgan fingerprint density at radius 1 is 1.24 bits per heavy atom. The second-order valence-electron chi connectivity index (χ2n) is 12.8. The number of benzene rings is 2. The van der Waals surface area contributed by atoms with Crippen molar-refractivity contribution in [2.75, 3.05) is 55.4 Å². The second kappa shape index (κ2) is 16.1. The minimum atomic E-state index is -1.07. The number of piperidine rings is 1. The van der Waals surface area contributed by atoms with Crippen molar-refractivity contribution in [3.8, 4) is 17.0 Å². The number of thiazole rings is 1. The molecule has 2 saturated heterocycles. The van der Waals surface area contributed by atoms with Crippen molar-refractivity contribution < 1.29 is 37.4 Å². The summed E-state index contributed by atoms with van der Waals surface area (Å²) in [6, 6.07) is 6.43. The smallest absolute Gasteiger partial charge is 0.270 e. The van der Waals surface area contributed by atoms with Crippen molar-refractivity contribution in [2.24, 2.45) is 5.84 Å². The van der Waals surface area contributed by atoms with E-state index in [0.29, 0.717) is 69.2 Å². The first-order valence-corrected chi connectivity index (χ1v) is 17.3. The van der Waals surface area contributed by atoms with Crippen molar-refractivity contribution in [3.05, 3.63) is 52.9 Å². The predicted octanol–water partition coefficient (Wildman–Crippen LogP) is 4.08. The number of anilines is 3. The van der Waals surface area contributed by atoms with Crippen LogP contribution in [0.2, 0.25) is 0 Å². The Hall–Kier alpha value is -4.38. The number of nitrogen functional groups attached to an aromatic ring is 1. The van der Waals surface area contributed by atoms with E-state index in [9.17, 15) is 18.8 Å². The number of halogens is 2. The Kier molecular flexibility index (Phi) is 11.9. The lowest BCUT2D eigenvalue weighted by Gasteiger charge is -2.29. The quantitative estimate of drug-likeness (QED) is 0.0623. The Labute approximate surface area is 293 Å². The molecule has 3 aromatic rings. The van der Waals surface area contributed by atoms with E-state index in [1.807, 2.05) is 12.3 Å². The molecule has 2 aromatic carbocycles. The monoisotopic (exact) mass is 715 g/mol. The molecular weight excluding hydrogens is 672 g/mol. The van der Waals surface area contributed by atoms with Gasteiger partial charge in [0.1, 0.15) is 11.6 Å². The SMILES string of the molecule is CC(CCNc1ccc(N)c(C(=O)N(N)C2CCC(=O)NC2=O)c1)OCCC(C)(C)Oc1c(-c2csc(N3CCOCC3)n2)ccc(F)c1F. The maximum absolute atomic E-state index is 15.2. The molecule has 0 radical (unpaired) electrons. The lowest BCUT2D eigenvalue weighted by atomic mass is 10.0. The molecule has 6 N–H and O–H groups in total. The fourth-order valence-electron chi connectivity index (χ4n) is 5.54. The normalized spacial score (nSPS) is 17.3. The van der Waals surface area contributed by atoms with Crippen molar-refractivity contribution >= 4 is 45.6 Å². The molecule has 2 atom stereocenters. The Morgan fingerprint density at radius 3 is 2.74 bits per heavy atom. The molecule has 5 rings (SSSR count). The molecule has 0 aliphatic carbocycles. The first kappa shape index (κ1) is 36.9. The number of hydrazine groups is 1. The van der Waals surface area contributed by atoms with E-state index in [-0.39, 0.29) is 35.9 Å². The molecule has 270 valence electrons. The number of amides is 3. The Morgan fingerprint density at radius 2 is 2.00 bits per heavy atom. The minimum Gasteiger partial charge on any atom is -0.484 e. The summed E-state index contributed by atoms with van der Waals surface area (Å²) >= 11 is 1.43. The molecule has 0 bridgehead atoms. The van der Waals surface area contributed by atoms with Gasteiger partial charge in [0.25, 0.3) is 11.8 Å². The van der Waals surface area contributed by atoms with Gasteiger partial charge in [-0.2, -0.15) is 4.39 Å². The van der Waals surface area contributed by atoms with E-state index >= 15 is 4.39 Å². The van der Waals surface area contributed by atoms with Gasteiger partial charge in [-0.15, -0.1) is 11.3 Å². The van der Waals surface area contributed by atoms with Gasteiger partial charge in [-0.25, -0.2) is 15.2 Å². The van der Waals surface area contributed by atoms with Crippen molar-refractivity contribution in [1.29, 1.82) is 0 Å². The summed E-state index contributed by atoms with van der Waals surface area (Å²) in [5, 5.41) is 8.83. The van der Waals surface area contributed by atoms with Gasteiger partial charge in [0.15, 0.2) is 16.7 Å². The van der Waals surface area contributed by atoms with Crippen LogP contribution in [0.15, 0.2) is 35.7 Å². The van der Waals surface area contributed by atoms with Crippen LogP contribution in [0.1, 0.15) is 56.8 Å². The Balaban J connectivity index is 1.11. The molecule has 3 heterocycles. The number of morpholine rings is 1. The van der Waals surface area contributed by atoms with Crippen molar-refractivity contribution in [1.82, 2.24) is 15.3 Å². The number of hydrogen-bond donors (Lipinski definition) is 4. The molecule has 13 nitrogen and oxygen atoms in total. The number of rotatable bonds is 14. The maximum Gasteiger partial charge on any atom is 0.270 e. The van der Waals surface area contributed by atoms with Gasteiger partial charge in [-0.05, 0) is 63.9 Å². The third kappa shape index (κ3) is 9.04. The lowest BCUT2D eigenvalue weighted by Crippen LogP contribution is -2.57. The molecule has 2 aliphatic heterocycles. The van der Waals surface area contributed by atoms with Gasteiger partial charge in [0.2, 0.25) is 11.7 Å². The first-order chi connectivity index (χ1) is 23.8. The molecule has 0 saturated carbocycles. The number of hydrogen-bond acceptors (Lipinski definition) is 12. The highest BCUT2D eigenvalue weighted by Gasteiger charge is 2.34. The van der Waals surface area contributed by atoms with Gasteiger partial charge in [0.05, 0.1) is 37.2 Å². The van der Waals surface area contributed by atoms with E-state index < -0.39 is 41.0 Å². The highest BCUT2D eigenvalue weighted by Crippen LogP contribution is 2.38. The molecule has 50 heavy (non-hydrogen) atoms. The average Bonchev–Trinajstić information content (AvgIpc) is 3.57. The summed E-state index contributed by atoms with van der Waals surface area (Å²) in [6.07, 6.45) is 1.03. The van der Waals surface area contributed by atoms with Crippen LogP contribution in [0.5, 0.6) is 5.75 Å². The highest BCUT2D eigenvalue weighted by atomic mass is 32.1. The molecule has 2 unspecified atom stereocenters. The van der Waals surface area contributed by atoms with Crippen LogP contribution < -0.4 is 31.8 Å². The van der Waals surface area contributed by atoms with Crippen LogP contribution in [0.25, 0.3) is 11.3 Å². The number of carbonyl (C=O) groups excluding carboxylic acids is 3. The van der Waals surface area contributed by atoms with Crippen LogP contribution in [0.3, 0.4) is 0 Å². The molecule has 1 aromatic heterocycles. The van der Waals surface area contributed by atoms with Crippen molar-refractivity contribution in [2.45, 2.75) is 64.2 Å². The number of nitrogens with two attached hydrogens (primary N) is 2. The van der Waals surface area contributed by atoms with E-state index in [2.05, 4.69) is 20.5 Å². The summed E-state index contributed by atoms with van der Waals surface area (Å²) in [6.45, 7) is 8.92. The van der Waals surface area contributed by atoms with Gasteiger partial charge in [-0.3, -0.25) is 24.7 Å². The largest absolute Gasteiger partial charge is 0.484 e. The topological polar surface area (TPSA) is 174 Å². The van der Waals surface area contributed by atoms with Gasteiger partial charge in [0, 0.05) is 54.8 Å². The van der Waals surface area contributed by atoms with E-state index in [0.717, 1.165) is 16.2 Å². The van der Waals surface area contributed by atoms with Gasteiger partial charge in [-0.1, -0.05) is 0 Å². The van der Waals surface area contributed by atoms with E-state index in [1.54, 1.807) is 32.0 Å². The molecular formula is C34H43F2N7O6S. The van der Waals surface area contributed by atoms with Crippen LogP contribution in [0, 0.1) is 11.6 Å². The zero-order chi connectivity index (χ0) is 36.0. The summed E-state index contributed by atoms with van der Waals surface area (Å²) in [4.78, 5) is 43.5. The maximum atomic E-state index is 15.2. The van der Waals surface area contributed by atoms with Gasteiger partial charge < -0.3 is 30.2 Å². The summed E-state index contributed by atoms with van der Waals surface area (Å²) in [7, 11) is 0. The van der Waals surface area contributed by atoms with Crippen LogP contribution in [-0.2, 0) is 19.1 Å². The summed E-state index contributed by atoms with van der Waals surface area (Å²) in [5.74, 6) is 2.03. The third-order valence-corrected chi connectivity index (χ3v) is 9.43. The third-order valence-electron chi connectivity index (χ3n) is 8.53. The summed E-state index contributed by atoms with van der Waals surface area (Å²) in [5.41, 5.74) is 6.96. The van der Waals surface area contributed by atoms with Crippen molar-refractivity contribution in [3.63, 3.8) is 0 Å². The lowest BCUT2D eigenvalue weighted by molar-refractivity contribution is -0.136. The van der Waals surface area contributed by atoms with Crippen LogP contribution in [0.4, 0.5) is 25.3 Å². The Bertz CT molecular complexity index is 1700. The fraction of sp³-hybridized carbons (Fsp3) is 0.471. The number of carbonyl (C=O) groups is 3. The second-order valence-corrected chi connectivity index (χ2v) is 13.7.